The molecule has 0 aliphatic heterocycles. The van der Waals surface area contributed by atoms with Crippen LogP contribution in [-0.4, -0.2) is 19.2 Å². The maximum Gasteiger partial charge on any atom is 0.265 e. The topological polar surface area (TPSA) is 73.3 Å². The first kappa shape index (κ1) is 16.8. The summed E-state index contributed by atoms with van der Waals surface area (Å²) >= 11 is 1.27. The molecule has 0 radical (unpaired) electrons. The van der Waals surface area contributed by atoms with Crippen LogP contribution in [0.3, 0.4) is 0 Å². The standard InChI is InChI=1S/C16H14FNO4S2/c1-2-10-23-16-15(18-14(22-16)13-4-3-9-21-13)24(19,20)12-7-5-11(17)6-8-12/h3-9H,2,10H2,1H3. The van der Waals surface area contributed by atoms with Gasteiger partial charge in [-0.3, -0.25) is 0 Å². The summed E-state index contributed by atoms with van der Waals surface area (Å²) in [5, 5.41) is 0.0199. The number of rotatable bonds is 6. The van der Waals surface area contributed by atoms with Gasteiger partial charge in [-0.15, -0.1) is 0 Å². The molecule has 2 aromatic heterocycles. The summed E-state index contributed by atoms with van der Waals surface area (Å²) in [4.78, 5) is 4.07. The number of furan rings is 1. The third-order valence-electron chi connectivity index (χ3n) is 3.11. The van der Waals surface area contributed by atoms with Crippen LogP contribution in [0.2, 0.25) is 0 Å². The van der Waals surface area contributed by atoms with Gasteiger partial charge in [-0.25, -0.2) is 12.8 Å². The SMILES string of the molecule is CCCSc1oc(-c2ccco2)nc1S(=O)(=O)c1ccc(F)cc1. The minimum absolute atomic E-state index is 0.0402. The van der Waals surface area contributed by atoms with Crippen molar-refractivity contribution in [2.45, 2.75) is 28.4 Å². The number of aromatic nitrogens is 1. The molecule has 0 aliphatic carbocycles. The van der Waals surface area contributed by atoms with E-state index in [9.17, 15) is 12.8 Å². The van der Waals surface area contributed by atoms with Crippen molar-refractivity contribution >= 4 is 21.6 Å². The highest BCUT2D eigenvalue weighted by atomic mass is 32.2. The lowest BCUT2D eigenvalue weighted by Gasteiger charge is -2.03. The van der Waals surface area contributed by atoms with Crippen LogP contribution in [0.4, 0.5) is 4.39 Å². The quantitative estimate of drug-likeness (QED) is 0.475. The Labute approximate surface area is 142 Å². The summed E-state index contributed by atoms with van der Waals surface area (Å²) in [6.45, 7) is 1.98. The molecular weight excluding hydrogens is 353 g/mol. The fourth-order valence-electron chi connectivity index (χ4n) is 1.98. The van der Waals surface area contributed by atoms with Crippen LogP contribution >= 0.6 is 11.8 Å². The van der Waals surface area contributed by atoms with E-state index < -0.39 is 15.7 Å². The Bertz CT molecular complexity index is 916. The van der Waals surface area contributed by atoms with Crippen molar-refractivity contribution in [3.05, 3.63) is 48.5 Å². The maximum absolute atomic E-state index is 13.1. The Kier molecular flexibility index (Phi) is 4.77. The average Bonchev–Trinajstić information content (AvgIpc) is 3.22. The number of nitrogens with zero attached hydrogens (tertiary/aromatic N) is 1. The van der Waals surface area contributed by atoms with Crippen LogP contribution in [0.1, 0.15) is 13.3 Å². The Morgan fingerprint density at radius 1 is 1.21 bits per heavy atom. The van der Waals surface area contributed by atoms with E-state index in [0.717, 1.165) is 18.6 Å². The van der Waals surface area contributed by atoms with Gasteiger partial charge < -0.3 is 8.83 Å². The van der Waals surface area contributed by atoms with Crippen molar-refractivity contribution in [2.24, 2.45) is 0 Å². The number of sulfone groups is 1. The van der Waals surface area contributed by atoms with Crippen LogP contribution in [-0.2, 0) is 9.84 Å². The van der Waals surface area contributed by atoms with Crippen molar-refractivity contribution in [1.82, 2.24) is 4.98 Å². The zero-order valence-corrected chi connectivity index (χ0v) is 14.4. The van der Waals surface area contributed by atoms with Crippen LogP contribution in [0.5, 0.6) is 0 Å². The first-order valence-corrected chi connectivity index (χ1v) is 9.67. The molecular formula is C16H14FNO4S2. The van der Waals surface area contributed by atoms with Gasteiger partial charge in [-0.1, -0.05) is 18.7 Å². The smallest absolute Gasteiger partial charge is 0.265 e. The molecule has 3 rings (SSSR count). The highest BCUT2D eigenvalue weighted by Gasteiger charge is 2.29. The monoisotopic (exact) mass is 367 g/mol. The third-order valence-corrected chi connectivity index (χ3v) is 6.07. The highest BCUT2D eigenvalue weighted by molar-refractivity contribution is 8.00. The van der Waals surface area contributed by atoms with Crippen LogP contribution in [0.25, 0.3) is 11.7 Å². The fraction of sp³-hybridized carbons (Fsp3) is 0.188. The predicted octanol–water partition coefficient (Wildman–Crippen LogP) is 4.41. The first-order chi connectivity index (χ1) is 11.5. The molecule has 0 N–H and O–H groups in total. The minimum atomic E-state index is -3.92. The molecule has 0 bridgehead atoms. The molecule has 24 heavy (non-hydrogen) atoms. The second kappa shape index (κ2) is 6.82. The second-order valence-electron chi connectivity index (χ2n) is 4.89. The lowest BCUT2D eigenvalue weighted by atomic mass is 10.4. The lowest BCUT2D eigenvalue weighted by Crippen LogP contribution is -2.04. The third kappa shape index (κ3) is 3.25. The Morgan fingerprint density at radius 2 is 1.96 bits per heavy atom. The zero-order valence-electron chi connectivity index (χ0n) is 12.7. The Hall–Kier alpha value is -2.06. The largest absolute Gasteiger partial charge is 0.459 e. The fourth-order valence-corrected chi connectivity index (χ4v) is 4.36. The van der Waals surface area contributed by atoms with E-state index in [4.69, 9.17) is 8.83 Å². The van der Waals surface area contributed by atoms with Crippen molar-refractivity contribution in [2.75, 3.05) is 5.75 Å². The molecule has 0 atom stereocenters. The zero-order chi connectivity index (χ0) is 17.2. The Balaban J connectivity index is 2.09. The summed E-state index contributed by atoms with van der Waals surface area (Å²) in [6.07, 6.45) is 2.30. The number of thioether (sulfide) groups is 1. The van der Waals surface area contributed by atoms with Crippen LogP contribution in [0.15, 0.2) is 66.5 Å². The number of halogens is 1. The molecule has 1 aromatic carbocycles. The van der Waals surface area contributed by atoms with Gasteiger partial charge in [0.05, 0.1) is 11.2 Å². The molecule has 0 saturated carbocycles. The van der Waals surface area contributed by atoms with E-state index in [-0.39, 0.29) is 20.9 Å². The van der Waals surface area contributed by atoms with E-state index in [1.165, 1.54) is 30.2 Å². The molecule has 2 heterocycles. The van der Waals surface area contributed by atoms with E-state index >= 15 is 0 Å². The summed E-state index contributed by atoms with van der Waals surface area (Å²) in [6, 6.07) is 7.90. The molecule has 5 nitrogen and oxygen atoms in total. The summed E-state index contributed by atoms with van der Waals surface area (Å²) in [5.74, 6) is 0.609. The minimum Gasteiger partial charge on any atom is -0.459 e. The molecule has 0 saturated heterocycles. The van der Waals surface area contributed by atoms with E-state index in [1.807, 2.05) is 6.92 Å². The van der Waals surface area contributed by atoms with Crippen LogP contribution < -0.4 is 0 Å². The van der Waals surface area contributed by atoms with Gasteiger partial charge in [0.2, 0.25) is 20.0 Å². The van der Waals surface area contributed by atoms with Crippen molar-refractivity contribution in [3.8, 4) is 11.7 Å². The number of oxazole rings is 1. The number of benzene rings is 1. The number of hydrogen-bond acceptors (Lipinski definition) is 6. The average molecular weight is 367 g/mol. The molecule has 0 fully saturated rings. The van der Waals surface area contributed by atoms with Gasteiger partial charge in [-0.2, -0.15) is 4.98 Å². The lowest BCUT2D eigenvalue weighted by molar-refractivity contribution is 0.451. The summed E-state index contributed by atoms with van der Waals surface area (Å²) in [5.41, 5.74) is 0. The molecule has 126 valence electrons. The molecule has 3 aromatic rings. The van der Waals surface area contributed by atoms with Gasteiger partial charge >= 0.3 is 0 Å². The first-order valence-electron chi connectivity index (χ1n) is 7.20. The highest BCUT2D eigenvalue weighted by Crippen LogP contribution is 2.35. The van der Waals surface area contributed by atoms with Gasteiger partial charge in [-0.05, 0) is 42.8 Å². The van der Waals surface area contributed by atoms with Gasteiger partial charge in [0.1, 0.15) is 5.82 Å². The summed E-state index contributed by atoms with van der Waals surface area (Å²) < 4.78 is 49.5. The van der Waals surface area contributed by atoms with Crippen molar-refractivity contribution < 1.29 is 21.6 Å². The van der Waals surface area contributed by atoms with E-state index in [1.54, 1.807) is 12.1 Å². The van der Waals surface area contributed by atoms with Crippen molar-refractivity contribution in [3.63, 3.8) is 0 Å². The maximum atomic E-state index is 13.1. The number of hydrogen-bond donors (Lipinski definition) is 0. The normalized spacial score (nSPS) is 11.8. The second-order valence-corrected chi connectivity index (χ2v) is 7.83. The Morgan fingerprint density at radius 3 is 2.58 bits per heavy atom. The van der Waals surface area contributed by atoms with Gasteiger partial charge in [0, 0.05) is 5.75 Å². The predicted molar refractivity (Wildman–Crippen MR) is 87.1 cm³/mol. The van der Waals surface area contributed by atoms with E-state index in [2.05, 4.69) is 4.98 Å². The summed E-state index contributed by atoms with van der Waals surface area (Å²) in [7, 11) is -3.92. The van der Waals surface area contributed by atoms with Gasteiger partial charge in [0.25, 0.3) is 5.89 Å². The molecule has 8 heteroatoms. The van der Waals surface area contributed by atoms with Crippen LogP contribution in [0, 0.1) is 5.82 Å². The molecule has 0 amide bonds. The molecule has 0 unspecified atom stereocenters. The molecule has 0 spiro atoms. The van der Waals surface area contributed by atoms with Gasteiger partial charge in [0.15, 0.2) is 5.76 Å². The van der Waals surface area contributed by atoms with Crippen molar-refractivity contribution in [1.29, 1.82) is 0 Å². The van der Waals surface area contributed by atoms with E-state index in [0.29, 0.717) is 11.5 Å². The molecule has 0 aliphatic rings.